The average molecular weight is 348 g/mol. The Kier molecular flexibility index (Phi) is 3.39. The van der Waals surface area contributed by atoms with E-state index in [0.29, 0.717) is 30.2 Å². The van der Waals surface area contributed by atoms with E-state index in [-0.39, 0.29) is 23.5 Å². The van der Waals surface area contributed by atoms with Gasteiger partial charge in [0.2, 0.25) is 5.91 Å². The van der Waals surface area contributed by atoms with E-state index in [4.69, 9.17) is 4.74 Å². The number of para-hydroxylation sites is 1. The third-order valence-corrected chi connectivity index (χ3v) is 6.13. The Labute approximate surface area is 151 Å². The van der Waals surface area contributed by atoms with E-state index in [1.807, 2.05) is 36.4 Å². The molecular formula is C21H20N2O3. The third-order valence-electron chi connectivity index (χ3n) is 6.13. The van der Waals surface area contributed by atoms with Gasteiger partial charge < -0.3 is 10.1 Å². The zero-order valence-electron chi connectivity index (χ0n) is 14.4. The van der Waals surface area contributed by atoms with Gasteiger partial charge in [0.1, 0.15) is 11.4 Å². The number of pyridine rings is 1. The maximum absolute atomic E-state index is 12.7. The maximum Gasteiger partial charge on any atom is 0.224 e. The van der Waals surface area contributed by atoms with Gasteiger partial charge in [-0.2, -0.15) is 0 Å². The first kappa shape index (κ1) is 15.6. The second-order valence-electron chi connectivity index (χ2n) is 7.60. The van der Waals surface area contributed by atoms with E-state index in [0.717, 1.165) is 18.4 Å². The molecule has 26 heavy (non-hydrogen) atoms. The minimum absolute atomic E-state index is 0.0431. The molecule has 3 aliphatic rings. The van der Waals surface area contributed by atoms with Crippen LogP contribution in [-0.2, 0) is 11.3 Å². The largest absolute Gasteiger partial charge is 0.486 e. The van der Waals surface area contributed by atoms with Crippen LogP contribution < -0.4 is 10.1 Å². The van der Waals surface area contributed by atoms with Crippen LogP contribution in [0.1, 0.15) is 35.2 Å². The van der Waals surface area contributed by atoms with Crippen molar-refractivity contribution in [2.45, 2.75) is 31.4 Å². The van der Waals surface area contributed by atoms with Crippen LogP contribution >= 0.6 is 0 Å². The predicted molar refractivity (Wildman–Crippen MR) is 94.5 cm³/mol. The van der Waals surface area contributed by atoms with Crippen molar-refractivity contribution in [1.82, 2.24) is 10.3 Å². The Morgan fingerprint density at radius 1 is 1.27 bits per heavy atom. The number of rotatable bonds is 3. The second kappa shape index (κ2) is 5.66. The van der Waals surface area contributed by atoms with E-state index >= 15 is 0 Å². The molecule has 0 radical (unpaired) electrons. The van der Waals surface area contributed by atoms with Gasteiger partial charge >= 0.3 is 0 Å². The normalized spacial score (nSPS) is 31.1. The first-order valence-electron chi connectivity index (χ1n) is 9.16. The average Bonchev–Trinajstić information content (AvgIpc) is 3.32. The quantitative estimate of drug-likeness (QED) is 0.926. The minimum atomic E-state index is -0.494. The first-order chi connectivity index (χ1) is 12.7. The topological polar surface area (TPSA) is 68.3 Å². The second-order valence-corrected chi connectivity index (χ2v) is 7.60. The summed E-state index contributed by atoms with van der Waals surface area (Å²) in [4.78, 5) is 29.4. The molecule has 4 atom stereocenters. The van der Waals surface area contributed by atoms with Crippen molar-refractivity contribution in [3.63, 3.8) is 0 Å². The molecule has 1 N–H and O–H groups in total. The molecule has 1 aromatic carbocycles. The van der Waals surface area contributed by atoms with Crippen LogP contribution in [0.4, 0.5) is 0 Å². The summed E-state index contributed by atoms with van der Waals surface area (Å²) in [5.41, 5.74) is 1.16. The summed E-state index contributed by atoms with van der Waals surface area (Å²) in [7, 11) is 0. The van der Waals surface area contributed by atoms with Gasteiger partial charge in [-0.1, -0.05) is 18.2 Å². The van der Waals surface area contributed by atoms with E-state index in [1.54, 1.807) is 12.4 Å². The highest BCUT2D eigenvalue weighted by Crippen LogP contribution is 2.65. The number of nitrogens with one attached hydrogen (secondary N) is 1. The lowest BCUT2D eigenvalue weighted by Crippen LogP contribution is -2.44. The highest BCUT2D eigenvalue weighted by atomic mass is 16.5. The number of nitrogens with zero attached hydrogens (tertiary/aromatic N) is 1. The predicted octanol–water partition coefficient (Wildman–Crippen LogP) is 2.76. The third kappa shape index (κ3) is 2.34. The number of amides is 1. The molecule has 5 rings (SSSR count). The zero-order chi connectivity index (χ0) is 17.7. The number of carbonyl (C=O) groups is 2. The number of aromatic nitrogens is 1. The van der Waals surface area contributed by atoms with Crippen molar-refractivity contribution in [2.75, 3.05) is 0 Å². The van der Waals surface area contributed by atoms with Crippen molar-refractivity contribution in [2.24, 2.45) is 17.8 Å². The van der Waals surface area contributed by atoms with Crippen molar-refractivity contribution in [3.05, 3.63) is 59.9 Å². The summed E-state index contributed by atoms with van der Waals surface area (Å²) in [6.07, 6.45) is 5.67. The lowest BCUT2D eigenvalue weighted by molar-refractivity contribution is -0.124. The number of ketones is 1. The van der Waals surface area contributed by atoms with Gasteiger partial charge in [0.05, 0.1) is 12.0 Å². The van der Waals surface area contributed by atoms with Crippen molar-refractivity contribution in [3.8, 4) is 5.75 Å². The molecule has 5 nitrogen and oxygen atoms in total. The number of fused-ring (bicyclic) bond motifs is 3. The Bertz CT molecular complexity index is 882. The van der Waals surface area contributed by atoms with Crippen LogP contribution in [0.5, 0.6) is 5.75 Å². The SMILES string of the molecule is O=C1C[C@]2(CC[C@H]3[C@@H](C(=O)NCc4cccnc4)[C@@H]32)Oc2ccccc21. The molecule has 132 valence electrons. The van der Waals surface area contributed by atoms with Crippen LogP contribution in [0.3, 0.4) is 0 Å². The fourth-order valence-electron chi connectivity index (χ4n) is 4.93. The van der Waals surface area contributed by atoms with Crippen LogP contribution in [0.25, 0.3) is 0 Å². The molecule has 2 aliphatic carbocycles. The van der Waals surface area contributed by atoms with Gasteiger partial charge in [-0.05, 0) is 42.5 Å². The summed E-state index contributed by atoms with van der Waals surface area (Å²) >= 11 is 0. The smallest absolute Gasteiger partial charge is 0.224 e. The summed E-state index contributed by atoms with van der Waals surface area (Å²) in [6, 6.07) is 11.2. The number of ether oxygens (including phenoxy) is 1. The first-order valence-corrected chi connectivity index (χ1v) is 9.16. The van der Waals surface area contributed by atoms with Crippen LogP contribution in [0.2, 0.25) is 0 Å². The summed E-state index contributed by atoms with van der Waals surface area (Å²) in [6.45, 7) is 0.484. The highest BCUT2D eigenvalue weighted by Gasteiger charge is 2.70. The standard InChI is InChI=1S/C21H20N2O3/c24-16-10-21(26-17-6-2-1-5-14(16)17)8-7-15-18(19(15)21)20(25)23-12-13-4-3-9-22-11-13/h1-6,9,11,15,18-19H,7-8,10,12H2,(H,23,25)/t15-,18+,19+,21-/m0/s1. The number of benzene rings is 1. The van der Waals surface area contributed by atoms with Crippen molar-refractivity contribution >= 4 is 11.7 Å². The molecule has 1 aromatic heterocycles. The Morgan fingerprint density at radius 3 is 3.00 bits per heavy atom. The lowest BCUT2D eigenvalue weighted by Gasteiger charge is -2.37. The number of hydrogen-bond donors (Lipinski definition) is 1. The molecule has 1 spiro atoms. The van der Waals surface area contributed by atoms with Crippen LogP contribution in [0.15, 0.2) is 48.8 Å². The molecule has 0 unspecified atom stereocenters. The molecule has 2 aromatic rings. The van der Waals surface area contributed by atoms with E-state index in [1.165, 1.54) is 0 Å². The fraction of sp³-hybridized carbons (Fsp3) is 0.381. The zero-order valence-corrected chi connectivity index (χ0v) is 14.4. The van der Waals surface area contributed by atoms with Crippen LogP contribution in [0, 0.1) is 17.8 Å². The number of Topliss-reactive ketones (excluding diaryl/α,β-unsaturated/α-hetero) is 1. The highest BCUT2D eigenvalue weighted by molar-refractivity contribution is 6.00. The lowest BCUT2D eigenvalue weighted by atomic mass is 9.84. The Hall–Kier alpha value is -2.69. The summed E-state index contributed by atoms with van der Waals surface area (Å²) in [5.74, 6) is 1.31. The molecule has 1 amide bonds. The Morgan fingerprint density at radius 2 is 2.15 bits per heavy atom. The number of carbonyl (C=O) groups excluding carboxylic acids is 2. The van der Waals surface area contributed by atoms with E-state index in [9.17, 15) is 9.59 Å². The molecular weight excluding hydrogens is 328 g/mol. The molecule has 0 bridgehead atoms. The number of hydrogen-bond acceptors (Lipinski definition) is 4. The Balaban J connectivity index is 1.31. The van der Waals surface area contributed by atoms with Gasteiger partial charge in [0.25, 0.3) is 0 Å². The molecule has 2 saturated carbocycles. The minimum Gasteiger partial charge on any atom is -0.486 e. The summed E-state index contributed by atoms with van der Waals surface area (Å²) in [5, 5.41) is 3.02. The molecule has 2 fully saturated rings. The van der Waals surface area contributed by atoms with E-state index in [2.05, 4.69) is 10.3 Å². The van der Waals surface area contributed by atoms with Gasteiger partial charge in [-0.3, -0.25) is 14.6 Å². The monoisotopic (exact) mass is 348 g/mol. The molecule has 2 heterocycles. The summed E-state index contributed by atoms with van der Waals surface area (Å²) < 4.78 is 6.34. The van der Waals surface area contributed by atoms with Crippen molar-refractivity contribution < 1.29 is 14.3 Å². The molecule has 5 heteroatoms. The van der Waals surface area contributed by atoms with E-state index < -0.39 is 5.60 Å². The fourth-order valence-corrected chi connectivity index (χ4v) is 4.93. The van der Waals surface area contributed by atoms with Gasteiger partial charge in [-0.15, -0.1) is 0 Å². The van der Waals surface area contributed by atoms with Gasteiger partial charge in [-0.25, -0.2) is 0 Å². The maximum atomic E-state index is 12.7. The van der Waals surface area contributed by atoms with Gasteiger partial charge in [0.15, 0.2) is 5.78 Å². The molecule has 0 saturated heterocycles. The van der Waals surface area contributed by atoms with Gasteiger partial charge in [0, 0.05) is 30.8 Å². The molecule has 1 aliphatic heterocycles. The van der Waals surface area contributed by atoms with Crippen molar-refractivity contribution in [1.29, 1.82) is 0 Å². The van der Waals surface area contributed by atoms with Crippen LogP contribution in [-0.4, -0.2) is 22.3 Å².